The van der Waals surface area contributed by atoms with Gasteiger partial charge in [-0.05, 0) is 19.3 Å². The molecule has 9 heteroatoms. The standard InChI is InChI=1S/C14H30O7S.Na/c1-2-3-6-18-8-10-20-12-13-21-11-9-19-7-4-5-14-22(15,16)17;/h2-14H2,1H3,(H,15,16,17);/q;+1/p-1. The zero-order valence-electron chi connectivity index (χ0n) is 14.5. The summed E-state index contributed by atoms with van der Waals surface area (Å²) >= 11 is 0. The molecule has 0 aromatic carbocycles. The van der Waals surface area contributed by atoms with Gasteiger partial charge in [0.15, 0.2) is 0 Å². The molecule has 7 nitrogen and oxygen atoms in total. The Morgan fingerprint density at radius 3 is 1.48 bits per heavy atom. The fraction of sp³-hybridized carbons (Fsp3) is 1.00. The third kappa shape index (κ3) is 25.1. The number of unbranched alkanes of at least 4 members (excludes halogenated alkanes) is 2. The van der Waals surface area contributed by atoms with Gasteiger partial charge in [-0.1, -0.05) is 13.3 Å². The third-order valence-electron chi connectivity index (χ3n) is 2.69. The van der Waals surface area contributed by atoms with Crippen molar-refractivity contribution < 1.29 is 61.5 Å². The summed E-state index contributed by atoms with van der Waals surface area (Å²) in [6.07, 6.45) is 3.10. The number of hydrogen-bond donors (Lipinski definition) is 0. The molecule has 0 spiro atoms. The zero-order chi connectivity index (χ0) is 16.5. The minimum absolute atomic E-state index is 0. The summed E-state index contributed by atoms with van der Waals surface area (Å²) in [6, 6.07) is 0. The molecule has 0 heterocycles. The van der Waals surface area contributed by atoms with Gasteiger partial charge < -0.3 is 23.5 Å². The molecule has 0 rings (SSSR count). The van der Waals surface area contributed by atoms with Gasteiger partial charge in [0.1, 0.15) is 0 Å². The predicted octanol–water partition coefficient (Wildman–Crippen LogP) is -1.82. The van der Waals surface area contributed by atoms with Crippen LogP contribution in [0, 0.1) is 0 Å². The number of hydrogen-bond acceptors (Lipinski definition) is 7. The summed E-state index contributed by atoms with van der Waals surface area (Å²) in [5, 5.41) is 0. The molecule has 0 fully saturated rings. The first-order valence-corrected chi connectivity index (χ1v) is 9.38. The quantitative estimate of drug-likeness (QED) is 0.170. The van der Waals surface area contributed by atoms with Crippen LogP contribution in [0.5, 0.6) is 0 Å². The van der Waals surface area contributed by atoms with Crippen LogP contribution < -0.4 is 29.6 Å². The molecule has 0 aromatic heterocycles. The van der Waals surface area contributed by atoms with Crippen LogP contribution in [0.4, 0.5) is 0 Å². The van der Waals surface area contributed by atoms with Gasteiger partial charge in [0.05, 0.1) is 49.8 Å². The van der Waals surface area contributed by atoms with E-state index in [0.717, 1.165) is 19.4 Å². The van der Waals surface area contributed by atoms with Crippen LogP contribution in [0.2, 0.25) is 0 Å². The Kier molecular flexibility index (Phi) is 21.6. The normalized spacial score (nSPS) is 11.4. The molecule has 134 valence electrons. The number of ether oxygens (including phenoxy) is 4. The minimum Gasteiger partial charge on any atom is -0.748 e. The van der Waals surface area contributed by atoms with Crippen molar-refractivity contribution in [2.24, 2.45) is 0 Å². The van der Waals surface area contributed by atoms with Crippen molar-refractivity contribution in [1.82, 2.24) is 0 Å². The molecule has 0 saturated heterocycles. The van der Waals surface area contributed by atoms with Crippen molar-refractivity contribution in [2.75, 3.05) is 58.6 Å². The van der Waals surface area contributed by atoms with Gasteiger partial charge in [-0.2, -0.15) is 0 Å². The van der Waals surface area contributed by atoms with Crippen LogP contribution in [-0.2, 0) is 29.1 Å². The van der Waals surface area contributed by atoms with Crippen LogP contribution in [0.15, 0.2) is 0 Å². The maximum Gasteiger partial charge on any atom is 1.00 e. The fourth-order valence-electron chi connectivity index (χ4n) is 1.49. The van der Waals surface area contributed by atoms with E-state index in [1.807, 2.05) is 0 Å². The van der Waals surface area contributed by atoms with E-state index < -0.39 is 10.1 Å². The molecule has 23 heavy (non-hydrogen) atoms. The van der Waals surface area contributed by atoms with Gasteiger partial charge in [0, 0.05) is 19.0 Å². The molecule has 0 N–H and O–H groups in total. The molecule has 0 aliphatic heterocycles. The first kappa shape index (κ1) is 26.0. The second-order valence-corrected chi connectivity index (χ2v) is 6.30. The molecular weight excluding hydrogens is 335 g/mol. The van der Waals surface area contributed by atoms with Crippen molar-refractivity contribution >= 4 is 10.1 Å². The fourth-order valence-corrected chi connectivity index (χ4v) is 2.05. The predicted molar refractivity (Wildman–Crippen MR) is 82.0 cm³/mol. The maximum atomic E-state index is 10.3. The van der Waals surface area contributed by atoms with Gasteiger partial charge in [-0.3, -0.25) is 0 Å². The van der Waals surface area contributed by atoms with Crippen LogP contribution >= 0.6 is 0 Å². The SMILES string of the molecule is CCCCOCCOCCOCCOCCCCS(=O)(=O)[O-].[Na+]. The Morgan fingerprint density at radius 2 is 1.09 bits per heavy atom. The molecule has 0 bridgehead atoms. The Labute approximate surface area is 162 Å². The van der Waals surface area contributed by atoms with Crippen LogP contribution in [0.3, 0.4) is 0 Å². The van der Waals surface area contributed by atoms with Crippen LogP contribution in [0.1, 0.15) is 32.6 Å². The summed E-state index contributed by atoms with van der Waals surface area (Å²) < 4.78 is 52.3. The van der Waals surface area contributed by atoms with Crippen LogP contribution in [0.25, 0.3) is 0 Å². The summed E-state index contributed by atoms with van der Waals surface area (Å²) in [4.78, 5) is 0. The van der Waals surface area contributed by atoms with E-state index in [1.165, 1.54) is 0 Å². The number of rotatable bonds is 17. The van der Waals surface area contributed by atoms with Gasteiger partial charge >= 0.3 is 29.6 Å². The largest absolute Gasteiger partial charge is 1.00 e. The van der Waals surface area contributed by atoms with E-state index in [9.17, 15) is 13.0 Å². The van der Waals surface area contributed by atoms with E-state index in [-0.39, 0.29) is 35.3 Å². The van der Waals surface area contributed by atoms with E-state index in [4.69, 9.17) is 18.9 Å². The van der Waals surface area contributed by atoms with Gasteiger partial charge in [-0.15, -0.1) is 0 Å². The Balaban J connectivity index is 0. The van der Waals surface area contributed by atoms with Crippen molar-refractivity contribution in [1.29, 1.82) is 0 Å². The Morgan fingerprint density at radius 1 is 0.696 bits per heavy atom. The monoisotopic (exact) mass is 364 g/mol. The summed E-state index contributed by atoms with van der Waals surface area (Å²) in [6.45, 7) is 6.48. The van der Waals surface area contributed by atoms with E-state index in [2.05, 4.69) is 6.92 Å². The first-order valence-electron chi connectivity index (χ1n) is 7.81. The topological polar surface area (TPSA) is 94.1 Å². The molecule has 0 aliphatic carbocycles. The van der Waals surface area contributed by atoms with Crippen molar-refractivity contribution in [3.05, 3.63) is 0 Å². The van der Waals surface area contributed by atoms with E-state index in [1.54, 1.807) is 0 Å². The molecule has 0 atom stereocenters. The molecule has 0 saturated carbocycles. The van der Waals surface area contributed by atoms with Gasteiger partial charge in [0.25, 0.3) is 0 Å². The molecule has 0 radical (unpaired) electrons. The van der Waals surface area contributed by atoms with Crippen LogP contribution in [-0.4, -0.2) is 71.6 Å². The first-order chi connectivity index (χ1) is 10.6. The Hall–Kier alpha value is 0.750. The molecular formula is C14H29NaO7S. The zero-order valence-corrected chi connectivity index (χ0v) is 17.3. The maximum absolute atomic E-state index is 10.3. The minimum atomic E-state index is -4.10. The summed E-state index contributed by atoms with van der Waals surface area (Å²) in [7, 11) is -4.10. The second kappa shape index (κ2) is 19.1. The molecule has 0 aromatic rings. The summed E-state index contributed by atoms with van der Waals surface area (Å²) in [5.74, 6) is -0.327. The third-order valence-corrected chi connectivity index (χ3v) is 3.48. The Bertz CT molecular complexity index is 325. The van der Waals surface area contributed by atoms with Gasteiger partial charge in [0.2, 0.25) is 0 Å². The molecule has 0 unspecified atom stereocenters. The van der Waals surface area contributed by atoms with Crippen molar-refractivity contribution in [2.45, 2.75) is 32.6 Å². The van der Waals surface area contributed by atoms with E-state index in [0.29, 0.717) is 59.1 Å². The van der Waals surface area contributed by atoms with Crippen molar-refractivity contribution in [3.63, 3.8) is 0 Å². The molecule has 0 amide bonds. The van der Waals surface area contributed by atoms with Gasteiger partial charge in [-0.25, -0.2) is 8.42 Å². The van der Waals surface area contributed by atoms with E-state index >= 15 is 0 Å². The second-order valence-electron chi connectivity index (χ2n) is 4.77. The van der Waals surface area contributed by atoms with Crippen molar-refractivity contribution in [3.8, 4) is 0 Å². The molecule has 0 aliphatic rings. The average Bonchev–Trinajstić information content (AvgIpc) is 2.45. The summed E-state index contributed by atoms with van der Waals surface area (Å²) in [5.41, 5.74) is 0. The average molecular weight is 364 g/mol. The smallest absolute Gasteiger partial charge is 0.748 e.